The molecular formula is C29H29N5O. The summed E-state index contributed by atoms with van der Waals surface area (Å²) in [6.45, 7) is 1.10. The van der Waals surface area contributed by atoms with Crippen molar-refractivity contribution in [3.63, 3.8) is 0 Å². The van der Waals surface area contributed by atoms with Crippen LogP contribution in [0.4, 0.5) is 5.69 Å². The van der Waals surface area contributed by atoms with Crippen LogP contribution in [0.15, 0.2) is 77.2 Å². The highest BCUT2D eigenvalue weighted by atomic mass is 16.3. The van der Waals surface area contributed by atoms with E-state index in [-0.39, 0.29) is 5.88 Å². The average Bonchev–Trinajstić information content (AvgIpc) is 3.41. The lowest BCUT2D eigenvalue weighted by atomic mass is 10.0. The molecule has 0 unspecified atom stereocenters. The Balaban J connectivity index is 1.43. The van der Waals surface area contributed by atoms with Gasteiger partial charge in [0, 0.05) is 34.1 Å². The number of aromatic amines is 1. The van der Waals surface area contributed by atoms with Crippen molar-refractivity contribution in [3.8, 4) is 5.88 Å². The summed E-state index contributed by atoms with van der Waals surface area (Å²) in [6, 6.07) is 16.4. The molecule has 2 aromatic carbocycles. The normalized spacial score (nSPS) is 13.6. The van der Waals surface area contributed by atoms with Gasteiger partial charge >= 0.3 is 0 Å². The van der Waals surface area contributed by atoms with Crippen molar-refractivity contribution >= 4 is 34.4 Å². The largest absolute Gasteiger partial charge is 0.494 e. The van der Waals surface area contributed by atoms with Gasteiger partial charge in [0.15, 0.2) is 5.88 Å². The van der Waals surface area contributed by atoms with Crippen molar-refractivity contribution in [1.29, 1.82) is 0 Å². The minimum absolute atomic E-state index is 0.180. The molecule has 176 valence electrons. The van der Waals surface area contributed by atoms with Crippen LogP contribution < -0.4 is 10.4 Å². The van der Waals surface area contributed by atoms with E-state index in [1.165, 1.54) is 12.0 Å². The van der Waals surface area contributed by atoms with Gasteiger partial charge in [0.25, 0.3) is 0 Å². The van der Waals surface area contributed by atoms with E-state index < -0.39 is 0 Å². The monoisotopic (exact) mass is 463 g/mol. The van der Waals surface area contributed by atoms with Gasteiger partial charge in [-0.15, -0.1) is 10.2 Å². The molecule has 35 heavy (non-hydrogen) atoms. The maximum absolute atomic E-state index is 10.6. The van der Waals surface area contributed by atoms with E-state index in [0.717, 1.165) is 63.2 Å². The van der Waals surface area contributed by atoms with Crippen molar-refractivity contribution < 1.29 is 5.11 Å². The van der Waals surface area contributed by atoms with E-state index in [4.69, 9.17) is 0 Å². The molecule has 5 rings (SSSR count). The summed E-state index contributed by atoms with van der Waals surface area (Å²) in [5.41, 5.74) is 5.74. The van der Waals surface area contributed by atoms with Crippen LogP contribution >= 0.6 is 0 Å². The fraction of sp³-hybridized carbons (Fsp3) is 0.207. The second kappa shape index (κ2) is 10.1. The van der Waals surface area contributed by atoms with Crippen LogP contribution in [0, 0.1) is 0 Å². The zero-order valence-corrected chi connectivity index (χ0v) is 20.1. The number of nitrogens with zero attached hydrogens (tertiary/aromatic N) is 4. The highest BCUT2D eigenvalue weighted by Gasteiger charge is 2.11. The molecule has 0 saturated carbocycles. The highest BCUT2D eigenvalue weighted by Crippen LogP contribution is 2.29. The number of pyridine rings is 1. The summed E-state index contributed by atoms with van der Waals surface area (Å²) >= 11 is 0. The van der Waals surface area contributed by atoms with E-state index in [2.05, 4.69) is 57.4 Å². The Labute approximate surface area is 204 Å². The lowest BCUT2D eigenvalue weighted by molar-refractivity contribution is 0.394. The fourth-order valence-electron chi connectivity index (χ4n) is 4.34. The number of aromatic hydroxyl groups is 1. The Morgan fingerprint density at radius 2 is 1.80 bits per heavy atom. The van der Waals surface area contributed by atoms with Crippen LogP contribution in [0.25, 0.3) is 28.8 Å². The molecule has 3 heterocycles. The standard InChI is InChI=1S/C29H29N5O/c1-34(2)16-4-3-5-21-8-10-26-24(17-21)25(29(35)31-26)18-22-6-9-23-27(32-33-28(23)19-22)11-7-20-12-14-30-15-13-20/h6-15,17-19,31,35H,3-5,16H2,1-2H3/b11-7+,22-18?. The second-order valence-electron chi connectivity index (χ2n) is 9.15. The number of aryl methyl sites for hydroxylation is 1. The molecule has 0 aliphatic carbocycles. The molecule has 6 nitrogen and oxygen atoms in total. The number of rotatable bonds is 8. The first-order valence-electron chi connectivity index (χ1n) is 11.9. The van der Waals surface area contributed by atoms with Crippen molar-refractivity contribution in [2.45, 2.75) is 19.3 Å². The van der Waals surface area contributed by atoms with E-state index in [0.29, 0.717) is 0 Å². The second-order valence-corrected chi connectivity index (χ2v) is 9.15. The Morgan fingerprint density at radius 3 is 2.63 bits per heavy atom. The number of fused-ring (bicyclic) bond motifs is 2. The van der Waals surface area contributed by atoms with E-state index in [9.17, 15) is 5.11 Å². The van der Waals surface area contributed by atoms with Gasteiger partial charge in [0.05, 0.1) is 11.4 Å². The molecule has 6 heteroatoms. The maximum atomic E-state index is 10.6. The van der Waals surface area contributed by atoms with E-state index in [1.807, 2.05) is 48.6 Å². The Hall–Kier alpha value is -4.03. The van der Waals surface area contributed by atoms with Gasteiger partial charge in [-0.25, -0.2) is 0 Å². The summed E-state index contributed by atoms with van der Waals surface area (Å²) in [6.07, 6.45) is 12.9. The summed E-state index contributed by atoms with van der Waals surface area (Å²) < 4.78 is 0. The summed E-state index contributed by atoms with van der Waals surface area (Å²) in [7, 11) is 4.21. The highest BCUT2D eigenvalue weighted by molar-refractivity contribution is 5.92. The van der Waals surface area contributed by atoms with Crippen LogP contribution in [0.1, 0.15) is 29.5 Å². The zero-order chi connectivity index (χ0) is 24.2. The molecule has 0 atom stereocenters. The lowest BCUT2D eigenvalue weighted by Crippen LogP contribution is -2.12. The topological polar surface area (TPSA) is 76.9 Å². The quantitative estimate of drug-likeness (QED) is 0.365. The number of unbranched alkanes of at least 4 members (excludes halogenated alkanes) is 1. The molecule has 4 aromatic rings. The predicted molar refractivity (Wildman–Crippen MR) is 142 cm³/mol. The predicted octanol–water partition coefficient (Wildman–Crippen LogP) is 4.90. The number of H-pyrrole nitrogens is 1. The van der Waals surface area contributed by atoms with Gasteiger partial charge in [-0.05, 0) is 105 Å². The average molecular weight is 464 g/mol. The molecular weight excluding hydrogens is 434 g/mol. The van der Waals surface area contributed by atoms with Gasteiger partial charge in [-0.1, -0.05) is 18.2 Å². The van der Waals surface area contributed by atoms with Gasteiger partial charge in [0.2, 0.25) is 0 Å². The minimum atomic E-state index is 0.180. The number of aromatic nitrogens is 2. The van der Waals surface area contributed by atoms with Gasteiger partial charge in [-0.2, -0.15) is 0 Å². The third-order valence-corrected chi connectivity index (χ3v) is 6.22. The Kier molecular flexibility index (Phi) is 6.55. The minimum Gasteiger partial charge on any atom is -0.494 e. The van der Waals surface area contributed by atoms with Crippen molar-refractivity contribution in [2.75, 3.05) is 20.6 Å². The van der Waals surface area contributed by atoms with E-state index in [1.54, 1.807) is 12.4 Å². The third kappa shape index (κ3) is 5.23. The number of hydrogen-bond acceptors (Lipinski definition) is 5. The van der Waals surface area contributed by atoms with Gasteiger partial charge in [0.1, 0.15) is 0 Å². The van der Waals surface area contributed by atoms with Crippen molar-refractivity contribution in [3.05, 3.63) is 94.1 Å². The molecule has 2 aromatic heterocycles. The first kappa shape index (κ1) is 22.7. The van der Waals surface area contributed by atoms with Crippen LogP contribution in [0.2, 0.25) is 0 Å². The molecule has 1 aliphatic rings. The Bertz CT molecular complexity index is 1530. The smallest absolute Gasteiger partial charge is 0.196 e. The molecule has 0 radical (unpaired) electrons. The van der Waals surface area contributed by atoms with Crippen LogP contribution in [-0.2, 0) is 6.42 Å². The fourth-order valence-corrected chi connectivity index (χ4v) is 4.34. The molecule has 0 fully saturated rings. The van der Waals surface area contributed by atoms with Gasteiger partial charge < -0.3 is 15.0 Å². The summed E-state index contributed by atoms with van der Waals surface area (Å²) in [5.74, 6) is 0.180. The van der Waals surface area contributed by atoms with Crippen LogP contribution in [0.5, 0.6) is 5.88 Å². The molecule has 2 N–H and O–H groups in total. The third-order valence-electron chi connectivity index (χ3n) is 6.22. The number of nitrogens with one attached hydrogen (secondary N) is 1. The van der Waals surface area contributed by atoms with Crippen LogP contribution in [0.3, 0.4) is 0 Å². The van der Waals surface area contributed by atoms with E-state index >= 15 is 0 Å². The maximum Gasteiger partial charge on any atom is 0.196 e. The summed E-state index contributed by atoms with van der Waals surface area (Å²) in [5, 5.41) is 22.3. The zero-order valence-electron chi connectivity index (χ0n) is 20.1. The number of benzene rings is 2. The Morgan fingerprint density at radius 1 is 0.943 bits per heavy atom. The first-order chi connectivity index (χ1) is 17.1. The van der Waals surface area contributed by atoms with Crippen molar-refractivity contribution in [2.24, 2.45) is 10.2 Å². The molecule has 0 spiro atoms. The summed E-state index contributed by atoms with van der Waals surface area (Å²) in [4.78, 5) is 9.37. The lowest BCUT2D eigenvalue weighted by Gasteiger charge is -2.08. The first-order valence-corrected chi connectivity index (χ1v) is 11.9. The molecule has 0 amide bonds. The molecule has 0 bridgehead atoms. The number of hydrogen-bond donors (Lipinski definition) is 2. The molecule has 0 saturated heterocycles. The number of azo groups is 1. The van der Waals surface area contributed by atoms with Gasteiger partial charge in [-0.3, -0.25) is 4.98 Å². The van der Waals surface area contributed by atoms with Crippen LogP contribution in [-0.4, -0.2) is 40.6 Å². The SMILES string of the molecule is CN(C)CCCCc1ccc2[nH]c(O)c(C=c3ccc4c(c3)N=NC=4/C=C/c3ccncc3)c2c1. The van der Waals surface area contributed by atoms with Crippen molar-refractivity contribution in [1.82, 2.24) is 14.9 Å². The molecule has 1 aliphatic heterocycles.